The van der Waals surface area contributed by atoms with Crippen LogP contribution in [0.1, 0.15) is 71.1 Å². The van der Waals surface area contributed by atoms with Crippen LogP contribution in [0, 0.1) is 24.0 Å². The van der Waals surface area contributed by atoms with Crippen LogP contribution in [0.15, 0.2) is 30.3 Å². The second-order valence-electron chi connectivity index (χ2n) is 16.2. The molecule has 4 aliphatic heterocycles. The number of rotatable bonds is 6. The van der Waals surface area contributed by atoms with Crippen LogP contribution in [-0.2, 0) is 15.9 Å². The molecule has 1 amide bonds. The fraction of sp³-hybridized carbons (Fsp3) is 0.512. The molecule has 0 bridgehead atoms. The third kappa shape index (κ3) is 6.84. The standard InChI is InChI=1S/C41H43F5N6O4/c1-6-24-19-51-25(20-52(24)38(53)56-39(3,4)5)13-15-30-32-35(33(43)34(47-30)28-11-8-10-23-12-14-29(42)27(7-2)31(23)28)48-37(49-36(32)51)54-22-40-16-9-17-50(40)21-26(18-40)55-41(44,45)46/h2,8,10-12,14,24-26H,6,9,13,15-22H2,1,3-5H3/t24-,25-,26+,40?/m1/s1. The minimum Gasteiger partial charge on any atom is -0.461 e. The first-order chi connectivity index (χ1) is 26.6. The minimum atomic E-state index is -4.77. The summed E-state index contributed by atoms with van der Waals surface area (Å²) in [7, 11) is 0. The van der Waals surface area contributed by atoms with Crippen LogP contribution in [0.4, 0.5) is 32.6 Å². The first-order valence-electron chi connectivity index (χ1n) is 19.0. The first kappa shape index (κ1) is 38.1. The molecule has 4 aliphatic rings. The molecule has 296 valence electrons. The van der Waals surface area contributed by atoms with E-state index in [9.17, 15) is 18.0 Å². The molecule has 3 saturated heterocycles. The number of anilines is 1. The van der Waals surface area contributed by atoms with Crippen molar-refractivity contribution in [3.05, 3.63) is 53.2 Å². The van der Waals surface area contributed by atoms with E-state index in [2.05, 4.69) is 20.5 Å². The summed E-state index contributed by atoms with van der Waals surface area (Å²) < 4.78 is 88.7. The lowest BCUT2D eigenvalue weighted by atomic mass is 9.94. The molecular formula is C41H43F5N6O4. The van der Waals surface area contributed by atoms with E-state index in [4.69, 9.17) is 25.9 Å². The number of carbonyl (C=O) groups excluding carboxylic acids is 1. The number of benzene rings is 2. The van der Waals surface area contributed by atoms with Gasteiger partial charge in [0, 0.05) is 36.6 Å². The fourth-order valence-electron chi connectivity index (χ4n) is 9.12. The highest BCUT2D eigenvalue weighted by molar-refractivity contribution is 6.03. The maximum Gasteiger partial charge on any atom is 0.522 e. The predicted octanol–water partition coefficient (Wildman–Crippen LogP) is 7.78. The van der Waals surface area contributed by atoms with Gasteiger partial charge in [0.25, 0.3) is 0 Å². The molecule has 2 aromatic heterocycles. The van der Waals surface area contributed by atoms with Gasteiger partial charge < -0.3 is 19.3 Å². The lowest BCUT2D eigenvalue weighted by molar-refractivity contribution is -0.340. The summed E-state index contributed by atoms with van der Waals surface area (Å²) in [6.45, 7) is 8.75. The molecule has 56 heavy (non-hydrogen) atoms. The largest absolute Gasteiger partial charge is 0.522 e. The molecule has 0 N–H and O–H groups in total. The molecule has 8 rings (SSSR count). The fourth-order valence-corrected chi connectivity index (χ4v) is 9.12. The topological polar surface area (TPSA) is 93.2 Å². The van der Waals surface area contributed by atoms with E-state index in [0.29, 0.717) is 78.6 Å². The zero-order valence-corrected chi connectivity index (χ0v) is 31.7. The number of nitrogens with zero attached hydrogens (tertiary/aromatic N) is 6. The predicted molar refractivity (Wildman–Crippen MR) is 199 cm³/mol. The highest BCUT2D eigenvalue weighted by Gasteiger charge is 2.52. The first-order valence-corrected chi connectivity index (χ1v) is 19.0. The Bertz CT molecular complexity index is 2260. The third-order valence-electron chi connectivity index (χ3n) is 11.5. The summed E-state index contributed by atoms with van der Waals surface area (Å²) in [6.07, 6.45) is 2.49. The zero-order chi connectivity index (χ0) is 39.7. The Labute approximate surface area is 321 Å². The zero-order valence-electron chi connectivity index (χ0n) is 31.7. The second-order valence-corrected chi connectivity index (χ2v) is 16.2. The minimum absolute atomic E-state index is 0.0209. The SMILES string of the molecule is C#Cc1c(F)ccc2cccc(-c3nc4c5c(nc(OCC67CCCN6C[C@@H](OC(F)(F)F)C7)nc5c3F)N3C[C@@H](CC)N(C(=O)OC(C)(C)C)C[C@H]3CC4)c12. The lowest BCUT2D eigenvalue weighted by Crippen LogP contribution is -2.60. The van der Waals surface area contributed by atoms with E-state index in [-0.39, 0.29) is 54.4 Å². The summed E-state index contributed by atoms with van der Waals surface area (Å²) in [5.74, 6) is 1.41. The summed E-state index contributed by atoms with van der Waals surface area (Å²) in [4.78, 5) is 33.7. The molecule has 4 atom stereocenters. The van der Waals surface area contributed by atoms with Gasteiger partial charge in [-0.3, -0.25) is 9.64 Å². The Balaban J connectivity index is 1.25. The molecule has 3 fully saturated rings. The quantitative estimate of drug-likeness (QED) is 0.144. The summed E-state index contributed by atoms with van der Waals surface area (Å²) in [5, 5.41) is 1.33. The molecule has 0 spiro atoms. The molecule has 0 aliphatic carbocycles. The number of carbonyl (C=O) groups is 1. The van der Waals surface area contributed by atoms with Crippen molar-refractivity contribution in [3.8, 4) is 29.6 Å². The van der Waals surface area contributed by atoms with Crippen LogP contribution in [0.5, 0.6) is 6.01 Å². The van der Waals surface area contributed by atoms with Crippen molar-refractivity contribution in [2.24, 2.45) is 0 Å². The highest BCUT2D eigenvalue weighted by Crippen LogP contribution is 2.44. The Kier molecular flexibility index (Phi) is 9.51. The highest BCUT2D eigenvalue weighted by atomic mass is 19.4. The van der Waals surface area contributed by atoms with Gasteiger partial charge in [-0.2, -0.15) is 9.97 Å². The van der Waals surface area contributed by atoms with Gasteiger partial charge >= 0.3 is 18.5 Å². The maximum absolute atomic E-state index is 17.3. The number of aryl methyl sites for hydroxylation is 1. The molecular weight excluding hydrogens is 735 g/mol. The molecule has 6 heterocycles. The number of pyridine rings is 1. The monoisotopic (exact) mass is 778 g/mol. The van der Waals surface area contributed by atoms with Crippen LogP contribution in [-0.4, -0.2) is 99.3 Å². The van der Waals surface area contributed by atoms with E-state index >= 15 is 8.78 Å². The van der Waals surface area contributed by atoms with Gasteiger partial charge in [0.05, 0.1) is 34.3 Å². The molecule has 4 aromatic rings. The van der Waals surface area contributed by atoms with Crippen molar-refractivity contribution >= 4 is 33.6 Å². The van der Waals surface area contributed by atoms with Crippen LogP contribution < -0.4 is 9.64 Å². The Morgan fingerprint density at radius 2 is 1.86 bits per heavy atom. The van der Waals surface area contributed by atoms with Crippen molar-refractivity contribution < 1.29 is 41.0 Å². The van der Waals surface area contributed by atoms with Gasteiger partial charge in [-0.25, -0.2) is 18.6 Å². The molecule has 0 radical (unpaired) electrons. The second kappa shape index (κ2) is 14.0. The Morgan fingerprint density at radius 1 is 1.05 bits per heavy atom. The molecule has 0 saturated carbocycles. The third-order valence-corrected chi connectivity index (χ3v) is 11.5. The average molecular weight is 779 g/mol. The number of aromatic nitrogens is 3. The number of amides is 1. The van der Waals surface area contributed by atoms with Gasteiger partial charge in [0.15, 0.2) is 5.82 Å². The Hall–Kier alpha value is -4.81. The number of halogens is 5. The number of alkyl halides is 3. The molecule has 2 aromatic carbocycles. The maximum atomic E-state index is 17.3. The van der Waals surface area contributed by atoms with E-state index in [1.807, 2.05) is 32.6 Å². The number of ether oxygens (including phenoxy) is 3. The number of hydrogen-bond donors (Lipinski definition) is 0. The molecule has 1 unspecified atom stereocenters. The number of terminal acetylenes is 1. The van der Waals surface area contributed by atoms with E-state index < -0.39 is 41.3 Å². The Morgan fingerprint density at radius 3 is 2.59 bits per heavy atom. The van der Waals surface area contributed by atoms with Crippen molar-refractivity contribution in [1.82, 2.24) is 24.8 Å². The molecule has 10 nitrogen and oxygen atoms in total. The summed E-state index contributed by atoms with van der Waals surface area (Å²) in [6, 6.07) is 7.29. The number of fused-ring (bicyclic) bond motifs is 4. The van der Waals surface area contributed by atoms with Crippen molar-refractivity contribution in [2.45, 2.75) is 102 Å². The van der Waals surface area contributed by atoms with Crippen LogP contribution >= 0.6 is 0 Å². The van der Waals surface area contributed by atoms with Crippen molar-refractivity contribution in [3.63, 3.8) is 0 Å². The van der Waals surface area contributed by atoms with Gasteiger partial charge in [-0.15, -0.1) is 19.6 Å². The molecule has 15 heteroatoms. The van der Waals surface area contributed by atoms with E-state index in [1.54, 1.807) is 29.2 Å². The normalized spacial score (nSPS) is 23.9. The van der Waals surface area contributed by atoms with Gasteiger partial charge in [-0.05, 0) is 77.3 Å². The van der Waals surface area contributed by atoms with Crippen LogP contribution in [0.3, 0.4) is 0 Å². The van der Waals surface area contributed by atoms with Gasteiger partial charge in [0.1, 0.15) is 35.1 Å². The number of hydrogen-bond acceptors (Lipinski definition) is 9. The smallest absolute Gasteiger partial charge is 0.461 e. The number of piperazine rings is 1. The van der Waals surface area contributed by atoms with Crippen LogP contribution in [0.25, 0.3) is 32.9 Å². The van der Waals surface area contributed by atoms with Gasteiger partial charge in [0.2, 0.25) is 0 Å². The summed E-state index contributed by atoms with van der Waals surface area (Å²) in [5.41, 5.74) is -0.792. The van der Waals surface area contributed by atoms with Crippen molar-refractivity contribution in [2.75, 3.05) is 37.7 Å². The summed E-state index contributed by atoms with van der Waals surface area (Å²) >= 11 is 0. The van der Waals surface area contributed by atoms with Crippen LogP contribution in [0.2, 0.25) is 0 Å². The van der Waals surface area contributed by atoms with E-state index in [1.165, 1.54) is 6.07 Å². The average Bonchev–Trinajstić information content (AvgIpc) is 3.63. The van der Waals surface area contributed by atoms with Gasteiger partial charge in [-0.1, -0.05) is 37.1 Å². The van der Waals surface area contributed by atoms with E-state index in [0.717, 1.165) is 6.42 Å². The lowest BCUT2D eigenvalue weighted by Gasteiger charge is -2.46. The van der Waals surface area contributed by atoms with Crippen molar-refractivity contribution in [1.29, 1.82) is 0 Å².